The van der Waals surface area contributed by atoms with Crippen LogP contribution < -0.4 is 5.73 Å². The fraction of sp³-hybridized carbons (Fsp3) is 0.929. The van der Waals surface area contributed by atoms with Gasteiger partial charge in [-0.15, -0.1) is 0 Å². The van der Waals surface area contributed by atoms with Gasteiger partial charge in [-0.05, 0) is 44.1 Å². The Morgan fingerprint density at radius 3 is 2.82 bits per heavy atom. The van der Waals surface area contributed by atoms with Crippen LogP contribution in [0.4, 0.5) is 0 Å². The van der Waals surface area contributed by atoms with E-state index in [1.807, 2.05) is 0 Å². The Morgan fingerprint density at radius 1 is 1.41 bits per heavy atom. The molecule has 3 heteroatoms. The first kappa shape index (κ1) is 14.5. The van der Waals surface area contributed by atoms with Gasteiger partial charge in [-0.1, -0.05) is 20.3 Å². The van der Waals surface area contributed by atoms with Gasteiger partial charge in [0.2, 0.25) is 5.91 Å². The number of nitrogens with zero attached hydrogens (tertiary/aromatic N) is 1. The molecule has 1 heterocycles. The SMILES string of the molecule is CCC1CCCN(C(=O)CCC(C)CN)CC1. The van der Waals surface area contributed by atoms with Gasteiger partial charge in [0.15, 0.2) is 0 Å². The van der Waals surface area contributed by atoms with E-state index in [-0.39, 0.29) is 0 Å². The van der Waals surface area contributed by atoms with Gasteiger partial charge < -0.3 is 10.6 Å². The number of hydrogen-bond donors (Lipinski definition) is 1. The molecule has 3 nitrogen and oxygen atoms in total. The van der Waals surface area contributed by atoms with Crippen LogP contribution in [0.1, 0.15) is 52.4 Å². The first-order valence-electron chi connectivity index (χ1n) is 7.15. The van der Waals surface area contributed by atoms with Gasteiger partial charge in [0.25, 0.3) is 0 Å². The third-order valence-electron chi connectivity index (χ3n) is 4.03. The Bertz CT molecular complexity index is 230. The molecule has 0 saturated carbocycles. The number of amides is 1. The predicted molar refractivity (Wildman–Crippen MR) is 71.7 cm³/mol. The smallest absolute Gasteiger partial charge is 0.222 e. The van der Waals surface area contributed by atoms with Crippen molar-refractivity contribution in [1.82, 2.24) is 4.90 Å². The summed E-state index contributed by atoms with van der Waals surface area (Å²) >= 11 is 0. The maximum atomic E-state index is 12.1. The molecule has 1 fully saturated rings. The fourth-order valence-electron chi connectivity index (χ4n) is 2.47. The van der Waals surface area contributed by atoms with E-state index in [1.165, 1.54) is 25.7 Å². The summed E-state index contributed by atoms with van der Waals surface area (Å²) in [4.78, 5) is 14.1. The van der Waals surface area contributed by atoms with Gasteiger partial charge in [0.05, 0.1) is 0 Å². The molecule has 2 N–H and O–H groups in total. The van der Waals surface area contributed by atoms with Gasteiger partial charge in [-0.2, -0.15) is 0 Å². The maximum absolute atomic E-state index is 12.1. The molecule has 1 aliphatic rings. The molecule has 0 aromatic heterocycles. The predicted octanol–water partition coefficient (Wildman–Crippen LogP) is 2.40. The Morgan fingerprint density at radius 2 is 2.18 bits per heavy atom. The molecule has 1 rings (SSSR count). The van der Waals surface area contributed by atoms with Crippen molar-refractivity contribution in [3.05, 3.63) is 0 Å². The van der Waals surface area contributed by atoms with Crippen LogP contribution in [0, 0.1) is 11.8 Å². The number of carbonyl (C=O) groups is 1. The summed E-state index contributed by atoms with van der Waals surface area (Å²) in [6.07, 6.45) is 6.52. The van der Waals surface area contributed by atoms with Crippen LogP contribution in [-0.4, -0.2) is 30.4 Å². The zero-order valence-corrected chi connectivity index (χ0v) is 11.5. The van der Waals surface area contributed by atoms with Crippen molar-refractivity contribution in [1.29, 1.82) is 0 Å². The minimum atomic E-state index is 0.335. The second-order valence-corrected chi connectivity index (χ2v) is 5.47. The van der Waals surface area contributed by atoms with Crippen LogP contribution in [-0.2, 0) is 4.79 Å². The normalized spacial score (nSPS) is 23.2. The van der Waals surface area contributed by atoms with E-state index in [4.69, 9.17) is 5.73 Å². The van der Waals surface area contributed by atoms with Crippen molar-refractivity contribution in [2.75, 3.05) is 19.6 Å². The lowest BCUT2D eigenvalue weighted by molar-refractivity contribution is -0.131. The van der Waals surface area contributed by atoms with E-state index in [1.54, 1.807) is 0 Å². The number of likely N-dealkylation sites (tertiary alicyclic amines) is 1. The van der Waals surface area contributed by atoms with Gasteiger partial charge in [-0.25, -0.2) is 0 Å². The topological polar surface area (TPSA) is 46.3 Å². The molecule has 0 radical (unpaired) electrons. The highest BCUT2D eigenvalue weighted by molar-refractivity contribution is 5.76. The minimum Gasteiger partial charge on any atom is -0.343 e. The van der Waals surface area contributed by atoms with E-state index in [2.05, 4.69) is 18.7 Å². The number of rotatable bonds is 5. The van der Waals surface area contributed by atoms with Crippen LogP contribution in [0.5, 0.6) is 0 Å². The highest BCUT2D eigenvalue weighted by Gasteiger charge is 2.19. The summed E-state index contributed by atoms with van der Waals surface area (Å²) in [5.74, 6) is 1.63. The van der Waals surface area contributed by atoms with Crippen molar-refractivity contribution in [3.63, 3.8) is 0 Å². The van der Waals surface area contributed by atoms with Gasteiger partial charge in [-0.3, -0.25) is 4.79 Å². The zero-order valence-electron chi connectivity index (χ0n) is 11.5. The second-order valence-electron chi connectivity index (χ2n) is 5.47. The fourth-order valence-corrected chi connectivity index (χ4v) is 2.47. The zero-order chi connectivity index (χ0) is 12.7. The highest BCUT2D eigenvalue weighted by Crippen LogP contribution is 2.21. The maximum Gasteiger partial charge on any atom is 0.222 e. The Balaban J connectivity index is 2.31. The number of carbonyl (C=O) groups excluding carboxylic acids is 1. The summed E-state index contributed by atoms with van der Waals surface area (Å²) in [6.45, 7) is 6.99. The average Bonchev–Trinajstić information content (AvgIpc) is 2.60. The summed E-state index contributed by atoms with van der Waals surface area (Å²) in [5.41, 5.74) is 5.57. The number of hydrogen-bond acceptors (Lipinski definition) is 2. The summed E-state index contributed by atoms with van der Waals surface area (Å²) in [7, 11) is 0. The van der Waals surface area contributed by atoms with Crippen LogP contribution >= 0.6 is 0 Å². The summed E-state index contributed by atoms with van der Waals surface area (Å²) < 4.78 is 0. The van der Waals surface area contributed by atoms with E-state index in [0.717, 1.165) is 25.4 Å². The van der Waals surface area contributed by atoms with E-state index >= 15 is 0 Å². The molecule has 0 spiro atoms. The van der Waals surface area contributed by atoms with Crippen LogP contribution in [0.2, 0.25) is 0 Å². The molecule has 2 unspecified atom stereocenters. The second kappa shape index (κ2) is 7.70. The summed E-state index contributed by atoms with van der Waals surface area (Å²) in [6, 6.07) is 0. The lowest BCUT2D eigenvalue weighted by Crippen LogP contribution is -2.32. The quantitative estimate of drug-likeness (QED) is 0.802. The van der Waals surface area contributed by atoms with Gasteiger partial charge in [0.1, 0.15) is 0 Å². The van der Waals surface area contributed by atoms with Crippen LogP contribution in [0.3, 0.4) is 0 Å². The van der Waals surface area contributed by atoms with Crippen LogP contribution in [0.25, 0.3) is 0 Å². The molecular formula is C14H28N2O. The monoisotopic (exact) mass is 240 g/mol. The molecule has 0 aromatic rings. The molecule has 1 saturated heterocycles. The standard InChI is InChI=1S/C14H28N2O/c1-3-13-5-4-9-16(10-8-13)14(17)7-6-12(2)11-15/h12-13H,3-11,15H2,1-2H3. The van der Waals surface area contributed by atoms with Crippen molar-refractivity contribution >= 4 is 5.91 Å². The van der Waals surface area contributed by atoms with E-state index < -0.39 is 0 Å². The van der Waals surface area contributed by atoms with Gasteiger partial charge >= 0.3 is 0 Å². The average molecular weight is 240 g/mol. The molecule has 0 bridgehead atoms. The third-order valence-corrected chi connectivity index (χ3v) is 4.03. The Hall–Kier alpha value is -0.570. The van der Waals surface area contributed by atoms with E-state index in [9.17, 15) is 4.79 Å². The molecule has 0 aliphatic carbocycles. The summed E-state index contributed by atoms with van der Waals surface area (Å²) in [5, 5.41) is 0. The highest BCUT2D eigenvalue weighted by atomic mass is 16.2. The Labute approximate surface area is 106 Å². The lowest BCUT2D eigenvalue weighted by Gasteiger charge is -2.21. The van der Waals surface area contributed by atoms with Gasteiger partial charge in [0, 0.05) is 19.5 Å². The van der Waals surface area contributed by atoms with Crippen molar-refractivity contribution in [2.24, 2.45) is 17.6 Å². The van der Waals surface area contributed by atoms with E-state index in [0.29, 0.717) is 24.8 Å². The Kier molecular flexibility index (Phi) is 6.56. The molecule has 17 heavy (non-hydrogen) atoms. The minimum absolute atomic E-state index is 0.335. The molecule has 0 aromatic carbocycles. The lowest BCUT2D eigenvalue weighted by atomic mass is 9.98. The van der Waals surface area contributed by atoms with Crippen molar-refractivity contribution in [3.8, 4) is 0 Å². The molecular weight excluding hydrogens is 212 g/mol. The molecule has 100 valence electrons. The van der Waals surface area contributed by atoms with Crippen molar-refractivity contribution in [2.45, 2.75) is 52.4 Å². The molecule has 2 atom stereocenters. The van der Waals surface area contributed by atoms with Crippen LogP contribution in [0.15, 0.2) is 0 Å². The number of nitrogens with two attached hydrogens (primary N) is 1. The molecule has 1 aliphatic heterocycles. The third kappa shape index (κ3) is 5.07. The molecule has 1 amide bonds. The largest absolute Gasteiger partial charge is 0.343 e. The first-order valence-corrected chi connectivity index (χ1v) is 7.15. The first-order chi connectivity index (χ1) is 8.17. The van der Waals surface area contributed by atoms with Crippen molar-refractivity contribution < 1.29 is 4.79 Å².